The molecule has 1 heterocycles. The fraction of sp³-hybridized carbons (Fsp3) is 0.636. The Kier molecular flexibility index (Phi) is 5.47. The summed E-state index contributed by atoms with van der Waals surface area (Å²) in [5.41, 5.74) is 0.919. The number of carbonyl (C=O) groups excluding carboxylic acids is 1. The highest BCUT2D eigenvalue weighted by atomic mass is 32.2. The molecule has 154 valence electrons. The summed E-state index contributed by atoms with van der Waals surface area (Å²) < 4.78 is 24.9. The average Bonchev–Trinajstić information content (AvgIpc) is 2.78. The van der Waals surface area contributed by atoms with Crippen molar-refractivity contribution < 1.29 is 13.2 Å². The SMILES string of the molecule is CC(C)S(=O)(=O)C1=CC=CC(C2=NC3(CCC(C(C)(C)C)CC3)NC2=O)=CC1. The quantitative estimate of drug-likeness (QED) is 0.770. The van der Waals surface area contributed by atoms with Crippen LogP contribution >= 0.6 is 0 Å². The minimum atomic E-state index is -3.31. The molecule has 5 nitrogen and oxygen atoms in total. The molecule has 0 bridgehead atoms. The summed E-state index contributed by atoms with van der Waals surface area (Å²) in [5, 5.41) is 2.65. The van der Waals surface area contributed by atoms with Crippen molar-refractivity contribution in [2.45, 2.75) is 77.6 Å². The maximum atomic E-state index is 12.7. The van der Waals surface area contributed by atoms with Gasteiger partial charge in [-0.05, 0) is 56.9 Å². The van der Waals surface area contributed by atoms with E-state index in [1.54, 1.807) is 32.1 Å². The summed E-state index contributed by atoms with van der Waals surface area (Å²) in [5.74, 6) is 0.486. The fourth-order valence-electron chi connectivity index (χ4n) is 4.25. The topological polar surface area (TPSA) is 75.6 Å². The van der Waals surface area contributed by atoms with E-state index in [1.165, 1.54) is 0 Å². The molecule has 3 rings (SSSR count). The molecular formula is C22H32N2O3S. The van der Waals surface area contributed by atoms with Crippen LogP contribution in [0.2, 0.25) is 0 Å². The van der Waals surface area contributed by atoms with Gasteiger partial charge in [-0.1, -0.05) is 39.0 Å². The van der Waals surface area contributed by atoms with Gasteiger partial charge in [-0.15, -0.1) is 0 Å². The van der Waals surface area contributed by atoms with E-state index < -0.39 is 20.8 Å². The van der Waals surface area contributed by atoms with Crippen LogP contribution in [0, 0.1) is 11.3 Å². The molecule has 1 saturated carbocycles. The van der Waals surface area contributed by atoms with E-state index in [0.717, 1.165) is 25.7 Å². The number of rotatable bonds is 3. The molecule has 28 heavy (non-hydrogen) atoms. The molecule has 1 amide bonds. The van der Waals surface area contributed by atoms with Gasteiger partial charge in [0.05, 0.1) is 5.25 Å². The third kappa shape index (κ3) is 4.02. The second-order valence-electron chi connectivity index (χ2n) is 9.54. The first-order valence-corrected chi connectivity index (χ1v) is 11.7. The van der Waals surface area contributed by atoms with Gasteiger partial charge in [-0.2, -0.15) is 0 Å². The molecule has 1 fully saturated rings. The Labute approximate surface area is 169 Å². The Balaban J connectivity index is 1.79. The molecule has 1 N–H and O–H groups in total. The lowest BCUT2D eigenvalue weighted by Gasteiger charge is -2.40. The first-order valence-electron chi connectivity index (χ1n) is 10.2. The molecule has 1 spiro atoms. The maximum absolute atomic E-state index is 12.7. The van der Waals surface area contributed by atoms with Crippen molar-refractivity contribution in [3.05, 3.63) is 34.8 Å². The Morgan fingerprint density at radius 3 is 2.43 bits per heavy atom. The number of allylic oxidation sites excluding steroid dienone is 5. The van der Waals surface area contributed by atoms with E-state index in [-0.39, 0.29) is 17.7 Å². The van der Waals surface area contributed by atoms with Crippen molar-refractivity contribution in [1.82, 2.24) is 5.32 Å². The summed E-state index contributed by atoms with van der Waals surface area (Å²) in [4.78, 5) is 17.9. The van der Waals surface area contributed by atoms with Crippen LogP contribution in [0.4, 0.5) is 0 Å². The molecule has 0 unspecified atom stereocenters. The van der Waals surface area contributed by atoms with E-state index in [4.69, 9.17) is 4.99 Å². The standard InChI is InChI=1S/C22H32N2O3S/c1-15(2)28(26,27)18-8-6-7-16(9-10-18)19-20(25)24-22(23-19)13-11-17(12-14-22)21(3,4)5/h6-9,15,17H,10-14H2,1-5H3,(H,24,25). The molecule has 2 aliphatic carbocycles. The minimum Gasteiger partial charge on any atom is -0.326 e. The van der Waals surface area contributed by atoms with Gasteiger partial charge in [-0.3, -0.25) is 9.79 Å². The van der Waals surface area contributed by atoms with Crippen molar-refractivity contribution >= 4 is 21.5 Å². The summed E-state index contributed by atoms with van der Waals surface area (Å²) in [7, 11) is -3.31. The second kappa shape index (κ2) is 7.29. The van der Waals surface area contributed by atoms with E-state index in [0.29, 0.717) is 22.1 Å². The van der Waals surface area contributed by atoms with Crippen LogP contribution in [-0.4, -0.2) is 30.9 Å². The molecule has 6 heteroatoms. The maximum Gasteiger partial charge on any atom is 0.272 e. The molecule has 0 radical (unpaired) electrons. The highest BCUT2D eigenvalue weighted by Gasteiger charge is 2.44. The van der Waals surface area contributed by atoms with Crippen molar-refractivity contribution in [2.24, 2.45) is 16.3 Å². The third-order valence-electron chi connectivity index (χ3n) is 6.27. The van der Waals surface area contributed by atoms with Gasteiger partial charge in [0.25, 0.3) is 5.91 Å². The minimum absolute atomic E-state index is 0.153. The third-order valence-corrected chi connectivity index (χ3v) is 8.54. The van der Waals surface area contributed by atoms with Crippen LogP contribution in [0.1, 0.15) is 66.7 Å². The van der Waals surface area contributed by atoms with Crippen LogP contribution in [0.25, 0.3) is 0 Å². The zero-order chi connectivity index (χ0) is 20.7. The summed E-state index contributed by atoms with van der Waals surface area (Å²) >= 11 is 0. The lowest BCUT2D eigenvalue weighted by atomic mass is 9.70. The number of sulfone groups is 1. The smallest absolute Gasteiger partial charge is 0.272 e. The second-order valence-corrected chi connectivity index (χ2v) is 12.1. The van der Waals surface area contributed by atoms with Crippen molar-refractivity contribution in [2.75, 3.05) is 0 Å². The molecule has 0 aromatic heterocycles. The van der Waals surface area contributed by atoms with Crippen molar-refractivity contribution in [1.29, 1.82) is 0 Å². The summed E-state index contributed by atoms with van der Waals surface area (Å²) in [6.45, 7) is 10.2. The Hall–Kier alpha value is -1.69. The van der Waals surface area contributed by atoms with Gasteiger partial charge in [0.2, 0.25) is 0 Å². The first kappa shape index (κ1) is 21.0. The van der Waals surface area contributed by atoms with Crippen molar-refractivity contribution in [3.8, 4) is 0 Å². The Bertz CT molecular complexity index is 875. The summed E-state index contributed by atoms with van der Waals surface area (Å²) in [6, 6.07) is 0. The number of aliphatic imine (C=N–C) groups is 1. The van der Waals surface area contributed by atoms with Gasteiger partial charge in [0.1, 0.15) is 11.4 Å². The van der Waals surface area contributed by atoms with Gasteiger partial charge < -0.3 is 5.32 Å². The lowest BCUT2D eigenvalue weighted by Crippen LogP contribution is -2.46. The van der Waals surface area contributed by atoms with Crippen LogP contribution in [0.5, 0.6) is 0 Å². The number of nitrogens with one attached hydrogen (secondary N) is 1. The number of amides is 1. The zero-order valence-electron chi connectivity index (χ0n) is 17.6. The van der Waals surface area contributed by atoms with Crippen LogP contribution in [-0.2, 0) is 14.6 Å². The molecule has 0 aromatic rings. The Morgan fingerprint density at radius 1 is 1.21 bits per heavy atom. The van der Waals surface area contributed by atoms with E-state index >= 15 is 0 Å². The van der Waals surface area contributed by atoms with E-state index in [1.807, 2.05) is 6.08 Å². The van der Waals surface area contributed by atoms with Gasteiger partial charge >= 0.3 is 0 Å². The number of nitrogens with zero attached hydrogens (tertiary/aromatic N) is 1. The van der Waals surface area contributed by atoms with E-state index in [2.05, 4.69) is 26.1 Å². The molecule has 0 saturated heterocycles. The van der Waals surface area contributed by atoms with Crippen LogP contribution in [0.15, 0.2) is 39.8 Å². The van der Waals surface area contributed by atoms with Gasteiger partial charge in [0.15, 0.2) is 9.84 Å². The lowest BCUT2D eigenvalue weighted by molar-refractivity contribution is -0.115. The number of carbonyl (C=O) groups is 1. The first-order chi connectivity index (χ1) is 12.9. The van der Waals surface area contributed by atoms with Gasteiger partial charge in [-0.25, -0.2) is 8.42 Å². The molecule has 0 aromatic carbocycles. The number of hydrogen-bond acceptors (Lipinski definition) is 4. The van der Waals surface area contributed by atoms with Crippen LogP contribution < -0.4 is 5.32 Å². The zero-order valence-corrected chi connectivity index (χ0v) is 18.4. The largest absolute Gasteiger partial charge is 0.326 e. The van der Waals surface area contributed by atoms with Crippen LogP contribution in [0.3, 0.4) is 0 Å². The normalized spacial score (nSPS) is 28.7. The van der Waals surface area contributed by atoms with E-state index in [9.17, 15) is 13.2 Å². The highest BCUT2D eigenvalue weighted by molar-refractivity contribution is 7.95. The molecule has 0 atom stereocenters. The summed E-state index contributed by atoms with van der Waals surface area (Å²) in [6.07, 6.45) is 11.0. The monoisotopic (exact) mass is 404 g/mol. The van der Waals surface area contributed by atoms with Crippen molar-refractivity contribution in [3.63, 3.8) is 0 Å². The Morgan fingerprint density at radius 2 is 1.86 bits per heavy atom. The van der Waals surface area contributed by atoms with Gasteiger partial charge in [0, 0.05) is 16.9 Å². The predicted molar refractivity (Wildman–Crippen MR) is 114 cm³/mol. The fourth-order valence-corrected chi connectivity index (χ4v) is 5.44. The molecule has 3 aliphatic rings. The predicted octanol–water partition coefficient (Wildman–Crippen LogP) is 4.08. The molecular weight excluding hydrogens is 372 g/mol. The number of hydrogen-bond donors (Lipinski definition) is 1. The molecule has 1 aliphatic heterocycles. The highest BCUT2D eigenvalue weighted by Crippen LogP contribution is 2.43. The average molecular weight is 405 g/mol.